The molecule has 3 heteroatoms. The van der Waals surface area contributed by atoms with E-state index in [1.807, 2.05) is 19.1 Å². The zero-order valence-electron chi connectivity index (χ0n) is 10.4. The number of benzene rings is 1. The molecule has 0 saturated heterocycles. The molecule has 0 aliphatic carbocycles. The number of carbonyl (C=O) groups is 1. The molecule has 1 atom stereocenters. The molecule has 1 rings (SSSR count). The molecule has 0 fully saturated rings. The standard InChI is InChI=1S/C13H20N2O/c1-8-7-9(13(2,3)4)5-6-10(8)11(14)12(15)16/h5-7,11H,14H2,1-4H3,(H2,15,16). The van der Waals surface area contributed by atoms with Crippen molar-refractivity contribution in [1.82, 2.24) is 0 Å². The van der Waals surface area contributed by atoms with Gasteiger partial charge in [-0.05, 0) is 29.0 Å². The summed E-state index contributed by atoms with van der Waals surface area (Å²) in [6.07, 6.45) is 0. The number of nitrogens with two attached hydrogens (primary N) is 2. The first kappa shape index (κ1) is 12.7. The van der Waals surface area contributed by atoms with Crippen molar-refractivity contribution in [1.29, 1.82) is 0 Å². The summed E-state index contributed by atoms with van der Waals surface area (Å²) in [5.74, 6) is -0.494. The van der Waals surface area contributed by atoms with E-state index in [0.717, 1.165) is 11.1 Å². The molecule has 0 aliphatic rings. The molecule has 0 aromatic heterocycles. The summed E-state index contributed by atoms with van der Waals surface area (Å²) in [7, 11) is 0. The molecule has 0 bridgehead atoms. The Balaban J connectivity index is 3.15. The topological polar surface area (TPSA) is 69.1 Å². The second-order valence-electron chi connectivity index (χ2n) is 5.20. The summed E-state index contributed by atoms with van der Waals surface area (Å²) in [5.41, 5.74) is 14.1. The lowest BCUT2D eigenvalue weighted by Crippen LogP contribution is -2.29. The van der Waals surface area contributed by atoms with Crippen LogP contribution >= 0.6 is 0 Å². The van der Waals surface area contributed by atoms with Crippen LogP contribution in [0.5, 0.6) is 0 Å². The molecular formula is C13H20N2O. The van der Waals surface area contributed by atoms with E-state index in [1.165, 1.54) is 5.56 Å². The van der Waals surface area contributed by atoms with Gasteiger partial charge in [0.1, 0.15) is 6.04 Å². The van der Waals surface area contributed by atoms with Gasteiger partial charge >= 0.3 is 0 Å². The predicted octanol–water partition coefficient (Wildman–Crippen LogP) is 1.78. The second kappa shape index (κ2) is 4.26. The van der Waals surface area contributed by atoms with Crippen molar-refractivity contribution in [2.75, 3.05) is 0 Å². The van der Waals surface area contributed by atoms with Gasteiger partial charge in [0.2, 0.25) is 5.91 Å². The maximum absolute atomic E-state index is 11.0. The van der Waals surface area contributed by atoms with Crippen molar-refractivity contribution in [2.24, 2.45) is 11.5 Å². The second-order valence-corrected chi connectivity index (χ2v) is 5.20. The van der Waals surface area contributed by atoms with Gasteiger partial charge in [0, 0.05) is 0 Å². The van der Waals surface area contributed by atoms with E-state index in [4.69, 9.17) is 11.5 Å². The molecule has 0 spiro atoms. The van der Waals surface area contributed by atoms with E-state index in [1.54, 1.807) is 0 Å². The van der Waals surface area contributed by atoms with Crippen LogP contribution < -0.4 is 11.5 Å². The van der Waals surface area contributed by atoms with E-state index in [9.17, 15) is 4.79 Å². The fraction of sp³-hybridized carbons (Fsp3) is 0.462. The maximum atomic E-state index is 11.0. The highest BCUT2D eigenvalue weighted by molar-refractivity contribution is 5.81. The Morgan fingerprint density at radius 2 is 1.88 bits per heavy atom. The monoisotopic (exact) mass is 220 g/mol. The van der Waals surface area contributed by atoms with Gasteiger partial charge < -0.3 is 11.5 Å². The molecule has 1 unspecified atom stereocenters. The number of aryl methyl sites for hydroxylation is 1. The number of primary amides is 1. The van der Waals surface area contributed by atoms with Crippen molar-refractivity contribution in [3.05, 3.63) is 34.9 Å². The molecule has 0 radical (unpaired) electrons. The number of hydrogen-bond acceptors (Lipinski definition) is 2. The lowest BCUT2D eigenvalue weighted by molar-refractivity contribution is -0.119. The summed E-state index contributed by atoms with van der Waals surface area (Å²) < 4.78 is 0. The Labute approximate surface area is 96.8 Å². The third kappa shape index (κ3) is 2.61. The molecule has 1 amide bonds. The van der Waals surface area contributed by atoms with Gasteiger partial charge in [0.05, 0.1) is 0 Å². The summed E-state index contributed by atoms with van der Waals surface area (Å²) in [4.78, 5) is 11.0. The van der Waals surface area contributed by atoms with Crippen LogP contribution in [-0.4, -0.2) is 5.91 Å². The minimum absolute atomic E-state index is 0.0973. The molecule has 16 heavy (non-hydrogen) atoms. The van der Waals surface area contributed by atoms with Crippen LogP contribution in [-0.2, 0) is 10.2 Å². The summed E-state index contributed by atoms with van der Waals surface area (Å²) >= 11 is 0. The number of rotatable bonds is 2. The van der Waals surface area contributed by atoms with Crippen molar-refractivity contribution in [2.45, 2.75) is 39.2 Å². The minimum atomic E-state index is -0.714. The highest BCUT2D eigenvalue weighted by atomic mass is 16.1. The van der Waals surface area contributed by atoms with Crippen LogP contribution in [0.25, 0.3) is 0 Å². The average Bonchev–Trinajstić information content (AvgIpc) is 2.15. The Bertz CT molecular complexity index is 405. The molecule has 1 aromatic rings. The van der Waals surface area contributed by atoms with Crippen molar-refractivity contribution in [3.63, 3.8) is 0 Å². The minimum Gasteiger partial charge on any atom is -0.368 e. The van der Waals surface area contributed by atoms with E-state index in [-0.39, 0.29) is 5.41 Å². The van der Waals surface area contributed by atoms with Crippen LogP contribution in [0, 0.1) is 6.92 Å². The number of amides is 1. The van der Waals surface area contributed by atoms with Crippen LogP contribution in [0.3, 0.4) is 0 Å². The third-order valence-corrected chi connectivity index (χ3v) is 2.78. The Kier molecular flexibility index (Phi) is 3.38. The number of hydrogen-bond donors (Lipinski definition) is 2. The van der Waals surface area contributed by atoms with E-state index in [0.29, 0.717) is 0 Å². The van der Waals surface area contributed by atoms with Gasteiger partial charge in [-0.2, -0.15) is 0 Å². The zero-order chi connectivity index (χ0) is 12.5. The van der Waals surface area contributed by atoms with Crippen molar-refractivity contribution in [3.8, 4) is 0 Å². The van der Waals surface area contributed by atoms with Gasteiger partial charge in [-0.3, -0.25) is 4.79 Å². The van der Waals surface area contributed by atoms with Crippen LogP contribution in [0.15, 0.2) is 18.2 Å². The van der Waals surface area contributed by atoms with Gasteiger partial charge in [-0.25, -0.2) is 0 Å². The highest BCUT2D eigenvalue weighted by Crippen LogP contribution is 2.26. The van der Waals surface area contributed by atoms with Crippen molar-refractivity contribution < 1.29 is 4.79 Å². The normalized spacial score (nSPS) is 13.6. The first-order valence-electron chi connectivity index (χ1n) is 5.39. The van der Waals surface area contributed by atoms with Gasteiger partial charge in [0.25, 0.3) is 0 Å². The first-order valence-corrected chi connectivity index (χ1v) is 5.39. The average molecular weight is 220 g/mol. The number of carbonyl (C=O) groups excluding carboxylic acids is 1. The summed E-state index contributed by atoms with van der Waals surface area (Å²) in [5, 5.41) is 0. The Morgan fingerprint density at radius 3 is 2.25 bits per heavy atom. The Morgan fingerprint density at radius 1 is 1.31 bits per heavy atom. The van der Waals surface area contributed by atoms with Gasteiger partial charge in [-0.15, -0.1) is 0 Å². The highest BCUT2D eigenvalue weighted by Gasteiger charge is 2.18. The lowest BCUT2D eigenvalue weighted by Gasteiger charge is -2.21. The van der Waals surface area contributed by atoms with Crippen molar-refractivity contribution >= 4 is 5.91 Å². The van der Waals surface area contributed by atoms with Crippen LogP contribution in [0.1, 0.15) is 43.5 Å². The van der Waals surface area contributed by atoms with E-state index in [2.05, 4.69) is 26.8 Å². The third-order valence-electron chi connectivity index (χ3n) is 2.78. The van der Waals surface area contributed by atoms with Gasteiger partial charge in [-0.1, -0.05) is 39.0 Å². The fourth-order valence-corrected chi connectivity index (χ4v) is 1.64. The molecule has 88 valence electrons. The van der Waals surface area contributed by atoms with Gasteiger partial charge in [0.15, 0.2) is 0 Å². The van der Waals surface area contributed by atoms with Crippen LogP contribution in [0.4, 0.5) is 0 Å². The van der Waals surface area contributed by atoms with E-state index < -0.39 is 11.9 Å². The first-order chi connectivity index (χ1) is 7.23. The summed E-state index contributed by atoms with van der Waals surface area (Å²) in [6, 6.07) is 5.25. The largest absolute Gasteiger partial charge is 0.368 e. The SMILES string of the molecule is Cc1cc(C(C)(C)C)ccc1C(N)C(N)=O. The molecule has 0 saturated carbocycles. The predicted molar refractivity (Wildman–Crippen MR) is 66.0 cm³/mol. The molecule has 3 nitrogen and oxygen atoms in total. The lowest BCUT2D eigenvalue weighted by atomic mass is 9.84. The zero-order valence-corrected chi connectivity index (χ0v) is 10.4. The Hall–Kier alpha value is -1.35. The molecule has 0 aliphatic heterocycles. The van der Waals surface area contributed by atoms with Crippen LogP contribution in [0.2, 0.25) is 0 Å². The maximum Gasteiger partial charge on any atom is 0.238 e. The molecule has 4 N–H and O–H groups in total. The van der Waals surface area contributed by atoms with E-state index >= 15 is 0 Å². The smallest absolute Gasteiger partial charge is 0.238 e. The summed E-state index contributed by atoms with van der Waals surface area (Å²) in [6.45, 7) is 8.40. The molecule has 1 aromatic carbocycles. The quantitative estimate of drug-likeness (QED) is 0.797. The molecule has 0 heterocycles. The molecular weight excluding hydrogens is 200 g/mol. The fourth-order valence-electron chi connectivity index (χ4n) is 1.64.